The number of anilines is 1. The van der Waals surface area contributed by atoms with Crippen LogP contribution in [-0.4, -0.2) is 122 Å². The topological polar surface area (TPSA) is 312 Å². The number of ether oxygens (including phenoxy) is 2. The van der Waals surface area contributed by atoms with E-state index in [1.807, 2.05) is 0 Å². The fourth-order valence-electron chi connectivity index (χ4n) is 3.78. The SMILES string of the molecule is Nc1ncnc2c1ncn2[C@@H]1O[C@H](COP(=O)(O)OP(=O)(O)O[C@H]2OC(CO)[C@@H](O)[C@@H](O)C2O)[C@H](O)C1O. The third-order valence-electron chi connectivity index (χ3n) is 5.69. The molecule has 2 aromatic rings. The van der Waals surface area contributed by atoms with Crippen LogP contribution in [0.5, 0.6) is 0 Å². The smallest absolute Gasteiger partial charge is 0.394 e. The minimum atomic E-state index is -5.56. The zero-order valence-electron chi connectivity index (χ0n) is 19.0. The minimum Gasteiger partial charge on any atom is -0.394 e. The highest BCUT2D eigenvalue weighted by Crippen LogP contribution is 2.61. The number of nitrogens with zero attached hydrogens (tertiary/aromatic N) is 4. The Balaban J connectivity index is 1.38. The number of rotatable bonds is 9. The number of hydrogen-bond acceptors (Lipinski definition) is 17. The predicted molar refractivity (Wildman–Crippen MR) is 117 cm³/mol. The molecule has 0 bridgehead atoms. The van der Waals surface area contributed by atoms with Gasteiger partial charge >= 0.3 is 15.6 Å². The Hall–Kier alpha value is -1.71. The van der Waals surface area contributed by atoms with Crippen molar-refractivity contribution in [1.29, 1.82) is 0 Å². The van der Waals surface area contributed by atoms with E-state index in [9.17, 15) is 44.4 Å². The Labute approximate surface area is 212 Å². The van der Waals surface area contributed by atoms with Crippen molar-refractivity contribution >= 4 is 32.6 Å². The van der Waals surface area contributed by atoms with E-state index >= 15 is 0 Å². The standard InChI is InChI=1S/C16H25N5O15P2/c17-13-7-14(19-3-18-13)21(4-20-7)15-11(26)9(24)6(33-15)2-32-37(28,29)36-38(30,31)35-16-12(27)10(25)8(23)5(1-22)34-16/h3-6,8-12,15-16,22-27H,1-2H2,(H,28,29)(H,30,31)(H2,17,18,19)/t5?,6-,8-,9+,10-,11?,12?,15-,16-/m1/s1. The van der Waals surface area contributed by atoms with Gasteiger partial charge in [-0.05, 0) is 0 Å². The molecule has 2 aliphatic rings. The van der Waals surface area contributed by atoms with Crippen molar-refractivity contribution in [3.8, 4) is 0 Å². The van der Waals surface area contributed by atoms with Gasteiger partial charge in [-0.2, -0.15) is 4.31 Å². The van der Waals surface area contributed by atoms with Gasteiger partial charge < -0.3 is 55.6 Å². The normalized spacial score (nSPS) is 37.2. The average molecular weight is 589 g/mol. The van der Waals surface area contributed by atoms with Crippen molar-refractivity contribution in [3.63, 3.8) is 0 Å². The molecule has 4 heterocycles. The molecule has 214 valence electrons. The van der Waals surface area contributed by atoms with Gasteiger partial charge in [-0.3, -0.25) is 13.6 Å². The number of fused-ring (bicyclic) bond motifs is 1. The molecule has 10 N–H and O–H groups in total. The van der Waals surface area contributed by atoms with Gasteiger partial charge in [0.15, 0.2) is 24.0 Å². The highest BCUT2D eigenvalue weighted by molar-refractivity contribution is 7.61. The van der Waals surface area contributed by atoms with Crippen LogP contribution in [0.25, 0.3) is 11.2 Å². The molecule has 4 rings (SSSR count). The van der Waals surface area contributed by atoms with Crippen molar-refractivity contribution in [3.05, 3.63) is 12.7 Å². The van der Waals surface area contributed by atoms with Crippen LogP contribution >= 0.6 is 15.6 Å². The molecule has 0 spiro atoms. The number of nitrogen functional groups attached to an aromatic ring is 1. The van der Waals surface area contributed by atoms with Crippen molar-refractivity contribution in [2.75, 3.05) is 18.9 Å². The lowest BCUT2D eigenvalue weighted by molar-refractivity contribution is -0.280. The molecule has 38 heavy (non-hydrogen) atoms. The first-order valence-corrected chi connectivity index (χ1v) is 13.7. The van der Waals surface area contributed by atoms with E-state index in [0.717, 1.165) is 6.33 Å². The number of aliphatic hydroxyl groups excluding tert-OH is 6. The largest absolute Gasteiger partial charge is 0.483 e. The molecule has 22 heteroatoms. The number of phosphoric ester groups is 2. The summed E-state index contributed by atoms with van der Waals surface area (Å²) in [4.78, 5) is 31.5. The second-order valence-corrected chi connectivity index (χ2v) is 11.2. The molecular formula is C16H25N5O15P2. The van der Waals surface area contributed by atoms with Gasteiger partial charge in [-0.25, -0.2) is 24.1 Å². The summed E-state index contributed by atoms with van der Waals surface area (Å²) in [6.45, 7) is -1.82. The monoisotopic (exact) mass is 589 g/mol. The number of phosphoric acid groups is 2. The maximum atomic E-state index is 12.3. The molecule has 2 aliphatic heterocycles. The van der Waals surface area contributed by atoms with Gasteiger partial charge in [0.25, 0.3) is 0 Å². The van der Waals surface area contributed by atoms with Gasteiger partial charge in [-0.15, -0.1) is 0 Å². The highest BCUT2D eigenvalue weighted by Gasteiger charge is 2.49. The van der Waals surface area contributed by atoms with Crippen molar-refractivity contribution in [1.82, 2.24) is 19.5 Å². The van der Waals surface area contributed by atoms with Crippen LogP contribution in [0.4, 0.5) is 5.82 Å². The van der Waals surface area contributed by atoms with Crippen LogP contribution in [0.1, 0.15) is 6.23 Å². The number of aliphatic hydroxyl groups is 6. The summed E-state index contributed by atoms with van der Waals surface area (Å²) in [6.07, 6.45) is -13.3. The molecule has 0 aromatic carbocycles. The fraction of sp³-hybridized carbons (Fsp3) is 0.688. The van der Waals surface area contributed by atoms with Crippen molar-refractivity contribution < 1.29 is 72.4 Å². The Bertz CT molecular complexity index is 1230. The van der Waals surface area contributed by atoms with Crippen molar-refractivity contribution in [2.45, 2.75) is 55.2 Å². The minimum absolute atomic E-state index is 0.0411. The van der Waals surface area contributed by atoms with E-state index in [-0.39, 0.29) is 17.0 Å². The number of hydrogen-bond donors (Lipinski definition) is 9. The average Bonchev–Trinajstić information content (AvgIpc) is 3.39. The first kappa shape index (κ1) is 29.3. The van der Waals surface area contributed by atoms with Crippen LogP contribution in [-0.2, 0) is 32.0 Å². The summed E-state index contributed by atoms with van der Waals surface area (Å²) in [6, 6.07) is 0. The van der Waals surface area contributed by atoms with Crippen LogP contribution in [0, 0.1) is 0 Å². The summed E-state index contributed by atoms with van der Waals surface area (Å²) in [5.41, 5.74) is 6.05. The van der Waals surface area contributed by atoms with E-state index in [1.54, 1.807) is 0 Å². The Kier molecular flexibility index (Phi) is 8.51. The quantitative estimate of drug-likeness (QED) is 0.126. The van der Waals surface area contributed by atoms with Gasteiger partial charge in [0.2, 0.25) is 0 Å². The lowest BCUT2D eigenvalue weighted by Gasteiger charge is -2.39. The van der Waals surface area contributed by atoms with Gasteiger partial charge in [-0.1, -0.05) is 0 Å². The van der Waals surface area contributed by atoms with Gasteiger partial charge in [0.05, 0.1) is 19.5 Å². The third-order valence-corrected chi connectivity index (χ3v) is 8.29. The fourth-order valence-corrected chi connectivity index (χ4v) is 5.94. The molecule has 0 radical (unpaired) electrons. The molecule has 2 aromatic heterocycles. The van der Waals surface area contributed by atoms with Gasteiger partial charge in [0.1, 0.15) is 54.6 Å². The summed E-state index contributed by atoms with van der Waals surface area (Å²) in [7, 11) is -11.0. The Morgan fingerprint density at radius 1 is 0.921 bits per heavy atom. The highest BCUT2D eigenvalue weighted by atomic mass is 31.3. The maximum Gasteiger partial charge on any atom is 0.483 e. The second-order valence-electron chi connectivity index (χ2n) is 8.25. The first-order valence-electron chi connectivity index (χ1n) is 10.7. The Morgan fingerprint density at radius 3 is 2.29 bits per heavy atom. The van der Waals surface area contributed by atoms with E-state index < -0.39 is 84.1 Å². The second kappa shape index (κ2) is 11.0. The molecule has 0 amide bonds. The third kappa shape index (κ3) is 5.89. The molecule has 2 fully saturated rings. The van der Waals surface area contributed by atoms with Crippen LogP contribution < -0.4 is 5.73 Å². The summed E-state index contributed by atoms with van der Waals surface area (Å²) in [5, 5.41) is 59.2. The van der Waals surface area contributed by atoms with Crippen molar-refractivity contribution in [2.24, 2.45) is 0 Å². The number of imidazole rings is 1. The van der Waals surface area contributed by atoms with Gasteiger partial charge in [0, 0.05) is 0 Å². The summed E-state index contributed by atoms with van der Waals surface area (Å²) < 4.78 is 49.3. The van der Waals surface area contributed by atoms with Crippen LogP contribution in [0.15, 0.2) is 12.7 Å². The summed E-state index contributed by atoms with van der Waals surface area (Å²) >= 11 is 0. The molecular weight excluding hydrogens is 564 g/mol. The molecule has 5 unspecified atom stereocenters. The zero-order chi connectivity index (χ0) is 28.0. The first-order chi connectivity index (χ1) is 17.7. The Morgan fingerprint density at radius 2 is 1.61 bits per heavy atom. The van der Waals surface area contributed by atoms with E-state index in [4.69, 9.17) is 20.3 Å². The van der Waals surface area contributed by atoms with E-state index in [1.165, 1.54) is 10.9 Å². The maximum absolute atomic E-state index is 12.3. The van der Waals surface area contributed by atoms with Crippen LogP contribution in [0.3, 0.4) is 0 Å². The van der Waals surface area contributed by atoms with E-state index in [0.29, 0.717) is 0 Å². The summed E-state index contributed by atoms with van der Waals surface area (Å²) in [5.74, 6) is 0.0411. The molecule has 0 aliphatic carbocycles. The lowest BCUT2D eigenvalue weighted by atomic mass is 10.00. The molecule has 0 saturated carbocycles. The molecule has 11 atom stereocenters. The lowest BCUT2D eigenvalue weighted by Crippen LogP contribution is -2.58. The zero-order valence-corrected chi connectivity index (χ0v) is 20.7. The number of aromatic nitrogens is 4. The number of nitrogens with two attached hydrogens (primary N) is 1. The van der Waals surface area contributed by atoms with Crippen LogP contribution in [0.2, 0.25) is 0 Å². The molecule has 20 nitrogen and oxygen atoms in total. The predicted octanol–water partition coefficient (Wildman–Crippen LogP) is -3.92. The molecule has 2 saturated heterocycles. The van der Waals surface area contributed by atoms with E-state index in [2.05, 4.69) is 28.3 Å².